The van der Waals surface area contributed by atoms with Crippen LogP contribution in [0.15, 0.2) is 30.6 Å². The van der Waals surface area contributed by atoms with Gasteiger partial charge >= 0.3 is 0 Å². The average molecular weight is 311 g/mol. The smallest absolute Gasteiger partial charge is 0.226 e. The first-order chi connectivity index (χ1) is 11.0. The van der Waals surface area contributed by atoms with Gasteiger partial charge in [0.2, 0.25) is 5.91 Å². The van der Waals surface area contributed by atoms with Gasteiger partial charge in [0.05, 0.1) is 23.9 Å². The molecule has 3 aromatic rings. The van der Waals surface area contributed by atoms with E-state index in [0.29, 0.717) is 0 Å². The summed E-state index contributed by atoms with van der Waals surface area (Å²) in [5.41, 5.74) is 4.72. The molecule has 0 radical (unpaired) electrons. The van der Waals surface area contributed by atoms with E-state index in [1.807, 2.05) is 67.5 Å². The van der Waals surface area contributed by atoms with Gasteiger partial charge in [0.1, 0.15) is 5.65 Å². The lowest BCUT2D eigenvalue weighted by Gasteiger charge is -2.14. The maximum atomic E-state index is 12.3. The van der Waals surface area contributed by atoms with E-state index >= 15 is 0 Å². The van der Waals surface area contributed by atoms with Crippen molar-refractivity contribution >= 4 is 11.6 Å². The predicted molar refractivity (Wildman–Crippen MR) is 88.1 cm³/mol. The molecule has 6 nitrogen and oxygen atoms in total. The van der Waals surface area contributed by atoms with Crippen LogP contribution in [0.3, 0.4) is 0 Å². The van der Waals surface area contributed by atoms with Crippen molar-refractivity contribution in [2.45, 2.75) is 33.2 Å². The highest BCUT2D eigenvalue weighted by atomic mass is 16.1. The Morgan fingerprint density at radius 3 is 2.78 bits per heavy atom. The Balaban J connectivity index is 1.71. The third-order valence-corrected chi connectivity index (χ3v) is 4.13. The average Bonchev–Trinajstić information content (AvgIpc) is 2.99. The molecule has 0 aliphatic carbocycles. The van der Waals surface area contributed by atoms with Crippen LogP contribution >= 0.6 is 0 Å². The number of imidazole rings is 1. The molecule has 3 rings (SSSR count). The molecule has 3 heterocycles. The van der Waals surface area contributed by atoms with Crippen LogP contribution in [0, 0.1) is 13.8 Å². The first kappa shape index (κ1) is 15.3. The van der Waals surface area contributed by atoms with Crippen molar-refractivity contribution in [3.63, 3.8) is 0 Å². The van der Waals surface area contributed by atoms with Gasteiger partial charge < -0.3 is 9.72 Å². The number of pyridine rings is 1. The molecule has 23 heavy (non-hydrogen) atoms. The highest BCUT2D eigenvalue weighted by Crippen LogP contribution is 2.20. The van der Waals surface area contributed by atoms with Crippen molar-refractivity contribution in [2.75, 3.05) is 0 Å². The largest absolute Gasteiger partial charge is 0.349 e. The molecule has 0 aromatic carbocycles. The molecule has 0 saturated carbocycles. The van der Waals surface area contributed by atoms with E-state index in [2.05, 4.69) is 15.4 Å². The fourth-order valence-corrected chi connectivity index (χ4v) is 3.02. The predicted octanol–water partition coefficient (Wildman–Crippen LogP) is 2.10. The Bertz CT molecular complexity index is 828. The van der Waals surface area contributed by atoms with Crippen LogP contribution in [0.25, 0.3) is 5.65 Å². The molecule has 0 aliphatic rings. The second-order valence-corrected chi connectivity index (χ2v) is 5.87. The van der Waals surface area contributed by atoms with E-state index < -0.39 is 0 Å². The second kappa shape index (κ2) is 5.87. The van der Waals surface area contributed by atoms with Crippen LogP contribution < -0.4 is 5.32 Å². The van der Waals surface area contributed by atoms with Gasteiger partial charge in [-0.15, -0.1) is 0 Å². The molecular weight excluding hydrogens is 290 g/mol. The van der Waals surface area contributed by atoms with Crippen LogP contribution in [0.2, 0.25) is 0 Å². The topological polar surface area (TPSA) is 64.2 Å². The Hall–Kier alpha value is -2.63. The van der Waals surface area contributed by atoms with Gasteiger partial charge in [0.25, 0.3) is 0 Å². The molecule has 0 fully saturated rings. The number of carbonyl (C=O) groups is 1. The molecule has 0 bridgehead atoms. The molecular formula is C17H21N5O. The van der Waals surface area contributed by atoms with Crippen LogP contribution in [0.5, 0.6) is 0 Å². The Kier molecular flexibility index (Phi) is 3.90. The number of nitrogens with zero attached hydrogens (tertiary/aromatic N) is 4. The van der Waals surface area contributed by atoms with Crippen LogP contribution in [-0.2, 0) is 18.3 Å². The highest BCUT2D eigenvalue weighted by molar-refractivity contribution is 5.78. The zero-order valence-electron chi connectivity index (χ0n) is 13.9. The van der Waals surface area contributed by atoms with Gasteiger partial charge in [0.15, 0.2) is 0 Å². The summed E-state index contributed by atoms with van der Waals surface area (Å²) in [4.78, 5) is 16.8. The number of hydrogen-bond donors (Lipinski definition) is 1. The SMILES string of the molecule is Cc1nn(C)c(C)c1C(C)NC(=O)Cc1cn2ccccc2n1. The van der Waals surface area contributed by atoms with E-state index in [0.717, 1.165) is 28.3 Å². The lowest BCUT2D eigenvalue weighted by atomic mass is 10.1. The zero-order valence-corrected chi connectivity index (χ0v) is 13.9. The normalized spacial score (nSPS) is 12.5. The number of carbonyl (C=O) groups excluding carboxylic acids is 1. The van der Waals surface area contributed by atoms with Gasteiger partial charge in [-0.25, -0.2) is 4.98 Å². The molecule has 1 amide bonds. The summed E-state index contributed by atoms with van der Waals surface area (Å²) in [6, 6.07) is 5.72. The van der Waals surface area contributed by atoms with E-state index in [-0.39, 0.29) is 18.4 Å². The first-order valence-corrected chi connectivity index (χ1v) is 7.67. The quantitative estimate of drug-likeness (QED) is 0.802. The number of aromatic nitrogens is 4. The van der Waals surface area contributed by atoms with E-state index in [4.69, 9.17) is 0 Å². The Labute approximate surface area is 135 Å². The van der Waals surface area contributed by atoms with Gasteiger partial charge in [-0.2, -0.15) is 5.10 Å². The molecule has 0 aliphatic heterocycles. The van der Waals surface area contributed by atoms with Crippen molar-refractivity contribution in [1.29, 1.82) is 0 Å². The minimum Gasteiger partial charge on any atom is -0.349 e. The van der Waals surface area contributed by atoms with Crippen LogP contribution in [-0.4, -0.2) is 25.1 Å². The summed E-state index contributed by atoms with van der Waals surface area (Å²) < 4.78 is 3.76. The van der Waals surface area contributed by atoms with Crippen LogP contribution in [0.4, 0.5) is 0 Å². The third kappa shape index (κ3) is 2.97. The van der Waals surface area contributed by atoms with E-state index in [9.17, 15) is 4.79 Å². The summed E-state index contributed by atoms with van der Waals surface area (Å²) in [5, 5.41) is 7.44. The number of amides is 1. The van der Waals surface area contributed by atoms with Gasteiger partial charge in [-0.1, -0.05) is 6.07 Å². The van der Waals surface area contributed by atoms with Crippen molar-refractivity contribution < 1.29 is 4.79 Å². The van der Waals surface area contributed by atoms with Crippen molar-refractivity contribution in [3.05, 3.63) is 53.2 Å². The first-order valence-electron chi connectivity index (χ1n) is 7.67. The van der Waals surface area contributed by atoms with Crippen molar-refractivity contribution in [3.8, 4) is 0 Å². The summed E-state index contributed by atoms with van der Waals surface area (Å²) in [6.45, 7) is 5.96. The maximum Gasteiger partial charge on any atom is 0.226 e. The number of rotatable bonds is 4. The fraction of sp³-hybridized carbons (Fsp3) is 0.353. The molecule has 120 valence electrons. The number of hydrogen-bond acceptors (Lipinski definition) is 3. The second-order valence-electron chi connectivity index (χ2n) is 5.87. The number of fused-ring (bicyclic) bond motifs is 1. The van der Waals surface area contributed by atoms with Crippen molar-refractivity contribution in [2.24, 2.45) is 7.05 Å². The summed E-state index contributed by atoms with van der Waals surface area (Å²) in [6.07, 6.45) is 4.08. The lowest BCUT2D eigenvalue weighted by Crippen LogP contribution is -2.28. The summed E-state index contributed by atoms with van der Waals surface area (Å²) in [5.74, 6) is -0.0384. The minimum absolute atomic E-state index is 0.0384. The molecule has 1 N–H and O–H groups in total. The Morgan fingerprint density at radius 1 is 1.35 bits per heavy atom. The monoisotopic (exact) mass is 311 g/mol. The number of aryl methyl sites for hydroxylation is 2. The lowest BCUT2D eigenvalue weighted by molar-refractivity contribution is -0.121. The molecule has 3 aromatic heterocycles. The van der Waals surface area contributed by atoms with E-state index in [1.165, 1.54) is 0 Å². The number of nitrogens with one attached hydrogen (secondary N) is 1. The molecule has 0 spiro atoms. The molecule has 0 saturated heterocycles. The fourth-order valence-electron chi connectivity index (χ4n) is 3.02. The Morgan fingerprint density at radius 2 is 2.13 bits per heavy atom. The third-order valence-electron chi connectivity index (χ3n) is 4.13. The van der Waals surface area contributed by atoms with E-state index in [1.54, 1.807) is 0 Å². The van der Waals surface area contributed by atoms with Crippen molar-refractivity contribution in [1.82, 2.24) is 24.5 Å². The molecule has 1 atom stereocenters. The van der Waals surface area contributed by atoms with Gasteiger partial charge in [-0.05, 0) is 32.9 Å². The van der Waals surface area contributed by atoms with Crippen LogP contribution in [0.1, 0.15) is 35.6 Å². The summed E-state index contributed by atoms with van der Waals surface area (Å²) >= 11 is 0. The molecule has 6 heteroatoms. The maximum absolute atomic E-state index is 12.3. The van der Waals surface area contributed by atoms with Gasteiger partial charge in [-0.3, -0.25) is 9.48 Å². The highest BCUT2D eigenvalue weighted by Gasteiger charge is 2.18. The standard InChI is InChI=1S/C17H21N5O/c1-11(17-12(2)20-21(4)13(17)3)18-16(23)9-14-10-22-8-6-5-7-15(22)19-14/h5-8,10-11H,9H2,1-4H3,(H,18,23). The summed E-state index contributed by atoms with van der Waals surface area (Å²) in [7, 11) is 1.91. The zero-order chi connectivity index (χ0) is 16.6. The van der Waals surface area contributed by atoms with Gasteiger partial charge in [0, 0.05) is 30.7 Å². The molecule has 1 unspecified atom stereocenters. The minimum atomic E-state index is -0.0757.